The van der Waals surface area contributed by atoms with Crippen LogP contribution in [0, 0.1) is 0 Å². The predicted molar refractivity (Wildman–Crippen MR) is 282 cm³/mol. The molecule has 0 bridgehead atoms. The van der Waals surface area contributed by atoms with E-state index in [1.807, 2.05) is 12.1 Å². The minimum absolute atomic E-state index is 0.893. The quantitative estimate of drug-likeness (QED) is 0.152. The fourth-order valence-corrected chi connectivity index (χ4v) is 10.2. The van der Waals surface area contributed by atoms with Crippen molar-refractivity contribution < 1.29 is 4.42 Å². The topological polar surface area (TPSA) is 21.3 Å². The average molecular weight is 855 g/mol. The summed E-state index contributed by atoms with van der Waals surface area (Å²) < 4.78 is 8.67. The first-order valence-corrected chi connectivity index (χ1v) is 22.9. The summed E-state index contributed by atoms with van der Waals surface area (Å²) in [4.78, 5) is 2.31. The fraction of sp³-hybridized carbons (Fsp3) is 0. The lowest BCUT2D eigenvalue weighted by molar-refractivity contribution is 0.669. The SMILES string of the molecule is c1ccc(N(c2ccccc2)c2ccc(-c3ccc(-c4cc(-c5ccc6oc7ccccc7c6c5)cc(-c5ccc6c(c5)c5ccccc5n6-c5ccccc5)c4)c4ccccc34)cc2)cc1. The third-order valence-corrected chi connectivity index (χ3v) is 13.4. The number of benzene rings is 11. The van der Waals surface area contributed by atoms with Gasteiger partial charge in [0.15, 0.2) is 0 Å². The monoisotopic (exact) mass is 854 g/mol. The second kappa shape index (κ2) is 16.0. The second-order valence-corrected chi connectivity index (χ2v) is 17.3. The molecular weight excluding hydrogens is 813 g/mol. The number of furan rings is 1. The minimum Gasteiger partial charge on any atom is -0.456 e. The second-order valence-electron chi connectivity index (χ2n) is 17.3. The van der Waals surface area contributed by atoms with E-state index in [2.05, 4.69) is 252 Å². The number of fused-ring (bicyclic) bond motifs is 7. The van der Waals surface area contributed by atoms with Gasteiger partial charge in [0.25, 0.3) is 0 Å². The van der Waals surface area contributed by atoms with Gasteiger partial charge in [-0.2, -0.15) is 0 Å². The predicted octanol–water partition coefficient (Wildman–Crippen LogP) is 18.0. The van der Waals surface area contributed by atoms with E-state index < -0.39 is 0 Å². The summed E-state index contributed by atoms with van der Waals surface area (Å²) in [7, 11) is 0. The van der Waals surface area contributed by atoms with Crippen molar-refractivity contribution in [3.05, 3.63) is 255 Å². The van der Waals surface area contributed by atoms with Crippen LogP contribution in [0.2, 0.25) is 0 Å². The Hall–Kier alpha value is -8.92. The van der Waals surface area contributed by atoms with E-state index >= 15 is 0 Å². The molecule has 314 valence electrons. The Morgan fingerprint density at radius 2 is 0.731 bits per heavy atom. The maximum absolute atomic E-state index is 6.29. The van der Waals surface area contributed by atoms with Crippen LogP contribution in [0.3, 0.4) is 0 Å². The number of hydrogen-bond donors (Lipinski definition) is 0. The van der Waals surface area contributed by atoms with E-state index in [9.17, 15) is 0 Å². The van der Waals surface area contributed by atoms with Gasteiger partial charge in [0, 0.05) is 44.3 Å². The van der Waals surface area contributed by atoms with Gasteiger partial charge in [-0.15, -0.1) is 0 Å². The van der Waals surface area contributed by atoms with Gasteiger partial charge in [-0.3, -0.25) is 0 Å². The number of para-hydroxylation sites is 5. The molecule has 0 aliphatic heterocycles. The smallest absolute Gasteiger partial charge is 0.135 e. The van der Waals surface area contributed by atoms with Gasteiger partial charge in [-0.1, -0.05) is 152 Å². The highest BCUT2D eigenvalue weighted by atomic mass is 16.3. The van der Waals surface area contributed by atoms with Crippen molar-refractivity contribution in [2.75, 3.05) is 4.90 Å². The lowest BCUT2D eigenvalue weighted by Crippen LogP contribution is -2.09. The summed E-state index contributed by atoms with van der Waals surface area (Å²) in [6.45, 7) is 0. The molecule has 0 radical (unpaired) electrons. The zero-order valence-electron chi connectivity index (χ0n) is 36.6. The Kier molecular flexibility index (Phi) is 9.17. The molecule has 0 fully saturated rings. The zero-order chi connectivity index (χ0) is 44.3. The molecule has 2 heterocycles. The summed E-state index contributed by atoms with van der Waals surface area (Å²) in [5, 5.41) is 7.13. The van der Waals surface area contributed by atoms with Gasteiger partial charge in [0.05, 0.1) is 11.0 Å². The van der Waals surface area contributed by atoms with Crippen molar-refractivity contribution >= 4 is 71.6 Å². The van der Waals surface area contributed by atoms with Gasteiger partial charge in [0.1, 0.15) is 11.2 Å². The molecule has 0 unspecified atom stereocenters. The molecule has 3 nitrogen and oxygen atoms in total. The van der Waals surface area contributed by atoms with Crippen molar-refractivity contribution in [1.82, 2.24) is 4.57 Å². The Labute approximate surface area is 388 Å². The Morgan fingerprint density at radius 1 is 0.269 bits per heavy atom. The van der Waals surface area contributed by atoms with E-state index in [0.29, 0.717) is 0 Å². The number of nitrogens with zero attached hydrogens (tertiary/aromatic N) is 2. The molecule has 0 saturated heterocycles. The molecule has 0 spiro atoms. The summed E-state index contributed by atoms with van der Waals surface area (Å²) in [6.07, 6.45) is 0. The first kappa shape index (κ1) is 38.5. The van der Waals surface area contributed by atoms with Crippen LogP contribution in [-0.2, 0) is 0 Å². The van der Waals surface area contributed by atoms with Crippen LogP contribution >= 0.6 is 0 Å². The molecule has 0 N–H and O–H groups in total. The molecule has 0 amide bonds. The molecule has 0 saturated carbocycles. The van der Waals surface area contributed by atoms with Crippen LogP contribution in [0.25, 0.3) is 105 Å². The molecule has 0 aliphatic rings. The van der Waals surface area contributed by atoms with Gasteiger partial charge < -0.3 is 13.9 Å². The summed E-state index contributed by atoms with van der Waals surface area (Å²) in [6, 6.07) is 92.0. The van der Waals surface area contributed by atoms with Crippen molar-refractivity contribution in [3.8, 4) is 50.2 Å². The highest BCUT2D eigenvalue weighted by molar-refractivity contribution is 6.11. The van der Waals surface area contributed by atoms with E-state index in [-0.39, 0.29) is 0 Å². The molecule has 0 atom stereocenters. The van der Waals surface area contributed by atoms with E-state index in [1.54, 1.807) is 0 Å². The number of anilines is 3. The Balaban J connectivity index is 0.966. The largest absolute Gasteiger partial charge is 0.456 e. The molecular formula is C64H42N2O. The van der Waals surface area contributed by atoms with E-state index in [4.69, 9.17) is 4.42 Å². The highest BCUT2D eigenvalue weighted by Gasteiger charge is 2.18. The fourth-order valence-electron chi connectivity index (χ4n) is 10.2. The van der Waals surface area contributed by atoms with Crippen LogP contribution in [0.1, 0.15) is 0 Å². The lowest BCUT2D eigenvalue weighted by Gasteiger charge is -2.25. The number of aromatic nitrogens is 1. The van der Waals surface area contributed by atoms with Gasteiger partial charge in [0.2, 0.25) is 0 Å². The van der Waals surface area contributed by atoms with Crippen molar-refractivity contribution in [2.24, 2.45) is 0 Å². The summed E-state index contributed by atoms with van der Waals surface area (Å²) >= 11 is 0. The van der Waals surface area contributed by atoms with E-state index in [1.165, 1.54) is 54.8 Å². The first-order chi connectivity index (χ1) is 33.2. The Morgan fingerprint density at radius 3 is 1.40 bits per heavy atom. The standard InChI is InChI=1S/C64H42N2O/c1-4-16-49(17-5-1)65(50-18-6-2-7-19-50)52-32-28-43(29-33-52)53-34-35-54(56-23-11-10-22-55(53)56)48-39-46(38-47(40-48)45-31-37-64-60(42-45)58-25-13-15-27-63(58)67-64)44-30-36-62-59(41-44)57-24-12-14-26-61(57)66(62)51-20-8-3-9-21-51/h1-42H. The third kappa shape index (κ3) is 6.67. The minimum atomic E-state index is 0.893. The molecule has 13 aromatic rings. The van der Waals surface area contributed by atoms with E-state index in [0.717, 1.165) is 66.9 Å². The van der Waals surface area contributed by atoms with Crippen LogP contribution < -0.4 is 4.90 Å². The average Bonchev–Trinajstić information content (AvgIpc) is 3.94. The van der Waals surface area contributed by atoms with Crippen molar-refractivity contribution in [1.29, 1.82) is 0 Å². The van der Waals surface area contributed by atoms with Crippen LogP contribution in [-0.4, -0.2) is 4.57 Å². The van der Waals surface area contributed by atoms with Crippen molar-refractivity contribution in [2.45, 2.75) is 0 Å². The van der Waals surface area contributed by atoms with Gasteiger partial charge in [-0.05, 0) is 158 Å². The summed E-state index contributed by atoms with van der Waals surface area (Å²) in [5.41, 5.74) is 18.0. The maximum Gasteiger partial charge on any atom is 0.135 e. The third-order valence-electron chi connectivity index (χ3n) is 13.4. The number of rotatable bonds is 8. The summed E-state index contributed by atoms with van der Waals surface area (Å²) in [5.74, 6) is 0. The molecule has 11 aromatic carbocycles. The highest BCUT2D eigenvalue weighted by Crippen LogP contribution is 2.43. The maximum atomic E-state index is 6.29. The molecule has 67 heavy (non-hydrogen) atoms. The molecule has 0 aliphatic carbocycles. The van der Waals surface area contributed by atoms with Crippen molar-refractivity contribution in [3.63, 3.8) is 0 Å². The van der Waals surface area contributed by atoms with Crippen LogP contribution in [0.4, 0.5) is 17.1 Å². The molecule has 3 heteroatoms. The van der Waals surface area contributed by atoms with Crippen LogP contribution in [0.15, 0.2) is 259 Å². The molecule has 2 aromatic heterocycles. The van der Waals surface area contributed by atoms with Crippen LogP contribution in [0.5, 0.6) is 0 Å². The zero-order valence-corrected chi connectivity index (χ0v) is 36.6. The number of hydrogen-bond acceptors (Lipinski definition) is 2. The lowest BCUT2D eigenvalue weighted by atomic mass is 9.88. The Bertz CT molecular complexity index is 3920. The van der Waals surface area contributed by atoms with Gasteiger partial charge >= 0.3 is 0 Å². The normalized spacial score (nSPS) is 11.6. The first-order valence-electron chi connectivity index (χ1n) is 22.9. The van der Waals surface area contributed by atoms with Gasteiger partial charge in [-0.25, -0.2) is 0 Å². The molecule has 13 rings (SSSR count).